The van der Waals surface area contributed by atoms with Gasteiger partial charge >= 0.3 is 0 Å². The molecule has 0 atom stereocenters. The van der Waals surface area contributed by atoms with Crippen LogP contribution >= 0.6 is 24.8 Å². The summed E-state index contributed by atoms with van der Waals surface area (Å²) in [6.45, 7) is 4.22. The summed E-state index contributed by atoms with van der Waals surface area (Å²) < 4.78 is 18.2. The number of carbonyl (C=O) groups is 1. The fourth-order valence-electron chi connectivity index (χ4n) is 3.15. The Balaban J connectivity index is 0.00000312. The zero-order chi connectivity index (χ0) is 17.4. The zero-order valence-corrected chi connectivity index (χ0v) is 17.1. The fraction of sp³-hybridized carbons (Fsp3) is 0.611. The summed E-state index contributed by atoms with van der Waals surface area (Å²) in [5.41, 5.74) is 0.648. The van der Waals surface area contributed by atoms with Crippen LogP contribution in [0.4, 0.5) is 4.39 Å². The van der Waals surface area contributed by atoms with Crippen molar-refractivity contribution in [3.05, 3.63) is 35.6 Å². The van der Waals surface area contributed by atoms with Gasteiger partial charge < -0.3 is 20.3 Å². The first-order valence-corrected chi connectivity index (χ1v) is 8.47. The van der Waals surface area contributed by atoms with E-state index in [1.807, 2.05) is 7.05 Å². The molecular formula is C18H30Cl2FN3O2. The highest BCUT2D eigenvalue weighted by Crippen LogP contribution is 2.29. The Bertz CT molecular complexity index is 520. The summed E-state index contributed by atoms with van der Waals surface area (Å²) in [6.07, 6.45) is 1.61. The second kappa shape index (κ2) is 12.5. The Morgan fingerprint density at radius 1 is 1.27 bits per heavy atom. The smallest absolute Gasteiger partial charge is 0.228 e. The number of nitrogens with one attached hydrogen (secondary N) is 2. The number of hydrogen-bond donors (Lipinski definition) is 2. The molecule has 5 nitrogen and oxygen atoms in total. The van der Waals surface area contributed by atoms with Crippen LogP contribution in [-0.4, -0.2) is 57.8 Å². The van der Waals surface area contributed by atoms with Crippen LogP contribution in [0, 0.1) is 11.2 Å². The molecule has 8 heteroatoms. The summed E-state index contributed by atoms with van der Waals surface area (Å²) in [4.78, 5) is 14.7. The van der Waals surface area contributed by atoms with Crippen LogP contribution in [-0.2, 0) is 16.1 Å². The Hall–Kier alpha value is -0.920. The average molecular weight is 410 g/mol. The number of ether oxygens (including phenoxy) is 1. The molecule has 1 saturated heterocycles. The standard InChI is InChI=1S/C18H28FN3O2.2ClH/c1-22(13-15-3-5-16(19)6-4-15)12-11-21-17(23)18(14-24-2)7-9-20-10-8-18;;/h3-6,20H,7-14H2,1-2H3,(H,21,23);2*1H. The lowest BCUT2D eigenvalue weighted by molar-refractivity contribution is -0.136. The highest BCUT2D eigenvalue weighted by atomic mass is 35.5. The van der Waals surface area contributed by atoms with Gasteiger partial charge in [0.2, 0.25) is 5.91 Å². The van der Waals surface area contributed by atoms with Crippen LogP contribution in [0.25, 0.3) is 0 Å². The molecule has 0 radical (unpaired) electrons. The monoisotopic (exact) mass is 409 g/mol. The van der Waals surface area contributed by atoms with Crippen LogP contribution in [0.5, 0.6) is 0 Å². The van der Waals surface area contributed by atoms with Gasteiger partial charge in [-0.2, -0.15) is 0 Å². The number of amides is 1. The molecule has 150 valence electrons. The maximum Gasteiger partial charge on any atom is 0.228 e. The molecule has 1 aromatic rings. The molecule has 0 unspecified atom stereocenters. The van der Waals surface area contributed by atoms with E-state index in [2.05, 4.69) is 15.5 Å². The first-order chi connectivity index (χ1) is 11.6. The number of hydrogen-bond acceptors (Lipinski definition) is 4. The first kappa shape index (κ1) is 25.1. The van der Waals surface area contributed by atoms with Gasteiger partial charge in [0.15, 0.2) is 0 Å². The number of methoxy groups -OCH3 is 1. The van der Waals surface area contributed by atoms with E-state index in [4.69, 9.17) is 4.74 Å². The number of carbonyl (C=O) groups excluding carboxylic acids is 1. The van der Waals surface area contributed by atoms with Crippen molar-refractivity contribution in [2.45, 2.75) is 19.4 Å². The molecule has 2 N–H and O–H groups in total. The van der Waals surface area contributed by atoms with Gasteiger partial charge in [0.25, 0.3) is 0 Å². The highest BCUT2D eigenvalue weighted by Gasteiger charge is 2.39. The molecule has 0 saturated carbocycles. The quantitative estimate of drug-likeness (QED) is 0.690. The van der Waals surface area contributed by atoms with E-state index in [1.165, 1.54) is 12.1 Å². The van der Waals surface area contributed by atoms with Gasteiger partial charge in [-0.15, -0.1) is 24.8 Å². The van der Waals surface area contributed by atoms with Gasteiger partial charge in [0.05, 0.1) is 12.0 Å². The molecule has 0 spiro atoms. The Morgan fingerprint density at radius 2 is 1.88 bits per heavy atom. The summed E-state index contributed by atoms with van der Waals surface area (Å²) in [7, 11) is 3.64. The van der Waals surface area contributed by atoms with Crippen molar-refractivity contribution in [1.29, 1.82) is 0 Å². The van der Waals surface area contributed by atoms with Gasteiger partial charge in [-0.1, -0.05) is 12.1 Å². The van der Waals surface area contributed by atoms with Gasteiger partial charge in [0.1, 0.15) is 5.82 Å². The Labute approximate surface area is 167 Å². The van der Waals surface area contributed by atoms with Crippen molar-refractivity contribution in [3.63, 3.8) is 0 Å². The van der Waals surface area contributed by atoms with Gasteiger partial charge in [0, 0.05) is 26.7 Å². The third-order valence-corrected chi connectivity index (χ3v) is 4.61. The van der Waals surface area contributed by atoms with E-state index in [1.54, 1.807) is 19.2 Å². The minimum Gasteiger partial charge on any atom is -0.384 e. The lowest BCUT2D eigenvalue weighted by atomic mass is 9.78. The third-order valence-electron chi connectivity index (χ3n) is 4.61. The molecule has 1 aliphatic rings. The average Bonchev–Trinajstić information content (AvgIpc) is 2.58. The second-order valence-electron chi connectivity index (χ2n) is 6.58. The van der Waals surface area contributed by atoms with Crippen molar-refractivity contribution in [1.82, 2.24) is 15.5 Å². The van der Waals surface area contributed by atoms with Crippen molar-refractivity contribution in [2.24, 2.45) is 5.41 Å². The number of rotatable bonds is 8. The summed E-state index contributed by atoms with van der Waals surface area (Å²) in [5, 5.41) is 6.34. The van der Waals surface area contributed by atoms with E-state index >= 15 is 0 Å². The topological polar surface area (TPSA) is 53.6 Å². The predicted octanol–water partition coefficient (Wildman–Crippen LogP) is 2.23. The second-order valence-corrected chi connectivity index (χ2v) is 6.58. The first-order valence-electron chi connectivity index (χ1n) is 8.47. The lowest BCUT2D eigenvalue weighted by Gasteiger charge is -2.35. The molecule has 1 aliphatic heterocycles. The van der Waals surface area contributed by atoms with E-state index in [-0.39, 0.29) is 36.5 Å². The van der Waals surface area contributed by atoms with E-state index in [0.717, 1.165) is 44.6 Å². The zero-order valence-electron chi connectivity index (χ0n) is 15.4. The molecule has 0 aromatic heterocycles. The van der Waals surface area contributed by atoms with Crippen molar-refractivity contribution in [2.75, 3.05) is 46.9 Å². The molecule has 1 fully saturated rings. The number of piperidine rings is 1. The molecule has 1 aromatic carbocycles. The van der Waals surface area contributed by atoms with Crippen LogP contribution in [0.3, 0.4) is 0 Å². The van der Waals surface area contributed by atoms with Gasteiger partial charge in [-0.3, -0.25) is 4.79 Å². The van der Waals surface area contributed by atoms with Crippen LogP contribution < -0.4 is 10.6 Å². The normalized spacial score (nSPS) is 15.7. The van der Waals surface area contributed by atoms with Gasteiger partial charge in [-0.05, 0) is 50.7 Å². The van der Waals surface area contributed by atoms with E-state index in [0.29, 0.717) is 13.2 Å². The molecule has 2 rings (SSSR count). The molecule has 0 bridgehead atoms. The SMILES string of the molecule is COCC1(C(=O)NCCN(C)Cc2ccc(F)cc2)CCNCC1.Cl.Cl. The molecular weight excluding hydrogens is 380 g/mol. The highest BCUT2D eigenvalue weighted by molar-refractivity contribution is 5.85. The largest absolute Gasteiger partial charge is 0.384 e. The third kappa shape index (κ3) is 7.37. The van der Waals surface area contributed by atoms with Crippen LogP contribution in [0.2, 0.25) is 0 Å². The summed E-state index contributed by atoms with van der Waals surface area (Å²) >= 11 is 0. The maximum absolute atomic E-state index is 12.9. The van der Waals surface area contributed by atoms with E-state index in [9.17, 15) is 9.18 Å². The Kier molecular flexibility index (Phi) is 12.0. The van der Waals surface area contributed by atoms with E-state index < -0.39 is 5.41 Å². The predicted molar refractivity (Wildman–Crippen MR) is 107 cm³/mol. The molecule has 0 aliphatic carbocycles. The van der Waals surface area contributed by atoms with Crippen molar-refractivity contribution >= 4 is 30.7 Å². The summed E-state index contributed by atoms with van der Waals surface area (Å²) in [5.74, 6) is -0.139. The Morgan fingerprint density at radius 3 is 2.46 bits per heavy atom. The molecule has 26 heavy (non-hydrogen) atoms. The number of likely N-dealkylation sites (N-methyl/N-ethyl adjacent to an activating group) is 1. The minimum atomic E-state index is -0.407. The fourth-order valence-corrected chi connectivity index (χ4v) is 3.15. The molecule has 1 amide bonds. The number of halogens is 3. The minimum absolute atomic E-state index is 0. The molecule has 1 heterocycles. The van der Waals surface area contributed by atoms with Crippen molar-refractivity contribution in [3.8, 4) is 0 Å². The number of nitrogens with zero attached hydrogens (tertiary/aromatic N) is 1. The van der Waals surface area contributed by atoms with Crippen molar-refractivity contribution < 1.29 is 13.9 Å². The van der Waals surface area contributed by atoms with Gasteiger partial charge in [-0.25, -0.2) is 4.39 Å². The lowest BCUT2D eigenvalue weighted by Crippen LogP contribution is -2.51. The summed E-state index contributed by atoms with van der Waals surface area (Å²) in [6, 6.07) is 6.51. The van der Waals surface area contributed by atoms with Crippen LogP contribution in [0.15, 0.2) is 24.3 Å². The maximum atomic E-state index is 12.9. The number of benzene rings is 1. The van der Waals surface area contributed by atoms with Crippen LogP contribution in [0.1, 0.15) is 18.4 Å².